The Morgan fingerprint density at radius 3 is 2.67 bits per heavy atom. The van der Waals surface area contributed by atoms with Gasteiger partial charge >= 0.3 is 0 Å². The fourth-order valence-corrected chi connectivity index (χ4v) is 3.22. The molecule has 1 N–H and O–H groups in total. The Kier molecular flexibility index (Phi) is 4.32. The first-order chi connectivity index (χ1) is 10.3. The first kappa shape index (κ1) is 14.2. The lowest BCUT2D eigenvalue weighted by Crippen LogP contribution is -2.23. The number of rotatable bonds is 5. The molecule has 2 nitrogen and oxygen atoms in total. The first-order valence-electron chi connectivity index (χ1n) is 7.42. The number of hydrogen-bond donors (Lipinski definition) is 1. The van der Waals surface area contributed by atoms with Crippen LogP contribution in [0.1, 0.15) is 35.7 Å². The van der Waals surface area contributed by atoms with Crippen LogP contribution in [0.4, 0.5) is 0 Å². The molecular weight excluding hydrogens is 276 g/mol. The van der Waals surface area contributed by atoms with E-state index in [-0.39, 0.29) is 6.04 Å². The Morgan fingerprint density at radius 2 is 1.95 bits per heavy atom. The van der Waals surface area contributed by atoms with E-state index in [0.717, 1.165) is 23.7 Å². The third-order valence-electron chi connectivity index (χ3n) is 3.64. The van der Waals surface area contributed by atoms with Crippen molar-refractivity contribution in [1.82, 2.24) is 10.3 Å². The van der Waals surface area contributed by atoms with Crippen LogP contribution in [0.15, 0.2) is 47.8 Å². The predicted molar refractivity (Wildman–Crippen MR) is 90.9 cm³/mol. The Hall–Kier alpha value is -1.71. The van der Waals surface area contributed by atoms with E-state index in [1.165, 1.54) is 16.3 Å². The van der Waals surface area contributed by atoms with Crippen LogP contribution in [0.2, 0.25) is 0 Å². The van der Waals surface area contributed by atoms with Crippen molar-refractivity contribution < 1.29 is 0 Å². The van der Waals surface area contributed by atoms with Crippen molar-refractivity contribution in [2.75, 3.05) is 6.54 Å². The Balaban J connectivity index is 2.00. The van der Waals surface area contributed by atoms with Gasteiger partial charge in [0.05, 0.1) is 16.7 Å². The summed E-state index contributed by atoms with van der Waals surface area (Å²) in [6, 6.07) is 15.4. The smallest absolute Gasteiger partial charge is 0.0898 e. The van der Waals surface area contributed by atoms with Gasteiger partial charge in [0.2, 0.25) is 0 Å². The van der Waals surface area contributed by atoms with Gasteiger partial charge < -0.3 is 5.32 Å². The molecule has 0 amide bonds. The summed E-state index contributed by atoms with van der Waals surface area (Å²) in [5, 5.41) is 9.47. The maximum absolute atomic E-state index is 4.68. The number of benzene rings is 2. The van der Waals surface area contributed by atoms with Crippen LogP contribution in [-0.2, 0) is 0 Å². The normalized spacial score (nSPS) is 12.7. The molecule has 1 atom stereocenters. The maximum Gasteiger partial charge on any atom is 0.0898 e. The molecule has 0 aliphatic carbocycles. The summed E-state index contributed by atoms with van der Waals surface area (Å²) in [5.41, 5.74) is 2.41. The molecule has 0 aliphatic heterocycles. The van der Waals surface area contributed by atoms with E-state index in [2.05, 4.69) is 72.0 Å². The average Bonchev–Trinajstić information content (AvgIpc) is 2.94. The van der Waals surface area contributed by atoms with Crippen LogP contribution in [0, 0.1) is 6.92 Å². The van der Waals surface area contributed by atoms with Crippen molar-refractivity contribution >= 4 is 22.1 Å². The molecule has 0 aliphatic rings. The molecule has 3 rings (SSSR count). The third kappa shape index (κ3) is 3.14. The molecule has 0 saturated carbocycles. The summed E-state index contributed by atoms with van der Waals surface area (Å²) in [7, 11) is 0. The van der Waals surface area contributed by atoms with Crippen LogP contribution in [0.25, 0.3) is 10.8 Å². The lowest BCUT2D eigenvalue weighted by Gasteiger charge is -2.17. The van der Waals surface area contributed by atoms with Crippen molar-refractivity contribution in [3.05, 3.63) is 64.1 Å². The van der Waals surface area contributed by atoms with Gasteiger partial charge in [-0.05, 0) is 42.3 Å². The topological polar surface area (TPSA) is 24.9 Å². The second-order valence-electron chi connectivity index (χ2n) is 5.29. The minimum Gasteiger partial charge on any atom is -0.305 e. The largest absolute Gasteiger partial charge is 0.305 e. The molecule has 0 saturated heterocycles. The highest BCUT2D eigenvalue weighted by atomic mass is 32.1. The van der Waals surface area contributed by atoms with Crippen molar-refractivity contribution in [2.24, 2.45) is 0 Å². The number of fused-ring (bicyclic) bond motifs is 1. The monoisotopic (exact) mass is 296 g/mol. The van der Waals surface area contributed by atoms with Gasteiger partial charge in [0.25, 0.3) is 0 Å². The van der Waals surface area contributed by atoms with Gasteiger partial charge in [-0.2, -0.15) is 0 Å². The molecule has 0 spiro atoms. The molecule has 0 fully saturated rings. The standard InChI is InChI=1S/C18H20N2S/c1-3-10-19-18(17-12-21-13(2)20-17)16-9-8-14-6-4-5-7-15(14)11-16/h4-9,11-12,18-19H,3,10H2,1-2H3. The molecule has 108 valence electrons. The number of aromatic nitrogens is 1. The minimum absolute atomic E-state index is 0.180. The number of thiazole rings is 1. The summed E-state index contributed by atoms with van der Waals surface area (Å²) in [6.45, 7) is 5.25. The van der Waals surface area contributed by atoms with Crippen molar-refractivity contribution in [3.8, 4) is 0 Å². The zero-order chi connectivity index (χ0) is 14.7. The van der Waals surface area contributed by atoms with E-state index < -0.39 is 0 Å². The van der Waals surface area contributed by atoms with Gasteiger partial charge in [-0.15, -0.1) is 11.3 Å². The summed E-state index contributed by atoms with van der Waals surface area (Å²) in [6.07, 6.45) is 1.12. The highest BCUT2D eigenvalue weighted by molar-refractivity contribution is 7.09. The molecule has 3 aromatic rings. The highest BCUT2D eigenvalue weighted by Gasteiger charge is 2.16. The quantitative estimate of drug-likeness (QED) is 0.738. The van der Waals surface area contributed by atoms with Crippen LogP contribution in [-0.4, -0.2) is 11.5 Å². The van der Waals surface area contributed by atoms with Crippen molar-refractivity contribution in [1.29, 1.82) is 0 Å². The Bertz CT molecular complexity index is 733. The first-order valence-corrected chi connectivity index (χ1v) is 8.30. The zero-order valence-electron chi connectivity index (χ0n) is 12.5. The van der Waals surface area contributed by atoms with Gasteiger partial charge in [0.1, 0.15) is 0 Å². The van der Waals surface area contributed by atoms with Crippen LogP contribution >= 0.6 is 11.3 Å². The van der Waals surface area contributed by atoms with Crippen molar-refractivity contribution in [3.63, 3.8) is 0 Å². The summed E-state index contributed by atoms with van der Waals surface area (Å²) >= 11 is 1.71. The van der Waals surface area contributed by atoms with Crippen LogP contribution in [0.5, 0.6) is 0 Å². The molecule has 1 unspecified atom stereocenters. The summed E-state index contributed by atoms with van der Waals surface area (Å²) < 4.78 is 0. The van der Waals surface area contributed by atoms with Gasteiger partial charge in [0, 0.05) is 5.38 Å². The van der Waals surface area contributed by atoms with E-state index >= 15 is 0 Å². The van der Waals surface area contributed by atoms with Crippen molar-refractivity contribution in [2.45, 2.75) is 26.3 Å². The average molecular weight is 296 g/mol. The fraction of sp³-hybridized carbons (Fsp3) is 0.278. The van der Waals surface area contributed by atoms with E-state index in [0.29, 0.717) is 0 Å². The number of nitrogens with one attached hydrogen (secondary N) is 1. The zero-order valence-corrected chi connectivity index (χ0v) is 13.3. The molecule has 0 bridgehead atoms. The number of aryl methyl sites for hydroxylation is 1. The molecule has 21 heavy (non-hydrogen) atoms. The van der Waals surface area contributed by atoms with E-state index in [9.17, 15) is 0 Å². The maximum atomic E-state index is 4.68. The molecule has 0 radical (unpaired) electrons. The van der Waals surface area contributed by atoms with Crippen LogP contribution < -0.4 is 5.32 Å². The second kappa shape index (κ2) is 6.37. The van der Waals surface area contributed by atoms with Gasteiger partial charge in [-0.3, -0.25) is 0 Å². The number of hydrogen-bond acceptors (Lipinski definition) is 3. The number of nitrogens with zero attached hydrogens (tertiary/aromatic N) is 1. The van der Waals surface area contributed by atoms with E-state index in [1.54, 1.807) is 11.3 Å². The fourth-order valence-electron chi connectivity index (χ4n) is 2.58. The molecule has 1 aromatic heterocycles. The van der Waals surface area contributed by atoms with Gasteiger partial charge in [-0.1, -0.05) is 43.3 Å². The van der Waals surface area contributed by atoms with E-state index in [1.807, 2.05) is 0 Å². The molecule has 2 aromatic carbocycles. The Morgan fingerprint density at radius 1 is 1.14 bits per heavy atom. The van der Waals surface area contributed by atoms with Crippen LogP contribution in [0.3, 0.4) is 0 Å². The van der Waals surface area contributed by atoms with Gasteiger partial charge in [0.15, 0.2) is 0 Å². The van der Waals surface area contributed by atoms with Gasteiger partial charge in [-0.25, -0.2) is 4.98 Å². The van der Waals surface area contributed by atoms with E-state index in [4.69, 9.17) is 0 Å². The summed E-state index contributed by atoms with van der Waals surface area (Å²) in [5.74, 6) is 0. The molecule has 1 heterocycles. The SMILES string of the molecule is CCCNC(c1ccc2ccccc2c1)c1csc(C)n1. The predicted octanol–water partition coefficient (Wildman–Crippen LogP) is 4.69. The third-order valence-corrected chi connectivity index (χ3v) is 4.43. The molecular formula is C18H20N2S. The minimum atomic E-state index is 0.180. The Labute approximate surface area is 129 Å². The molecule has 3 heteroatoms. The summed E-state index contributed by atoms with van der Waals surface area (Å²) in [4.78, 5) is 4.68. The lowest BCUT2D eigenvalue weighted by atomic mass is 10.00. The second-order valence-corrected chi connectivity index (χ2v) is 6.35. The lowest BCUT2D eigenvalue weighted by molar-refractivity contribution is 0.589. The highest BCUT2D eigenvalue weighted by Crippen LogP contribution is 2.26.